The van der Waals surface area contributed by atoms with Gasteiger partial charge in [0.15, 0.2) is 11.0 Å². The van der Waals surface area contributed by atoms with Gasteiger partial charge in [0.25, 0.3) is 0 Å². The number of hydrogen-bond acceptors (Lipinski definition) is 7. The first-order valence-electron chi connectivity index (χ1n) is 9.53. The Balaban J connectivity index is 1.63. The molecular formula is C22H21N5O3S. The van der Waals surface area contributed by atoms with Gasteiger partial charge in [0.1, 0.15) is 17.2 Å². The van der Waals surface area contributed by atoms with Crippen LogP contribution in [0, 0.1) is 6.92 Å². The summed E-state index contributed by atoms with van der Waals surface area (Å²) in [5.41, 5.74) is 3.52. The molecule has 0 aliphatic rings. The van der Waals surface area contributed by atoms with Crippen LogP contribution in [0.1, 0.15) is 11.4 Å². The molecule has 9 heteroatoms. The Bertz CT molecular complexity index is 1260. The van der Waals surface area contributed by atoms with E-state index in [0.29, 0.717) is 10.7 Å². The highest BCUT2D eigenvalue weighted by Gasteiger charge is 2.23. The van der Waals surface area contributed by atoms with Crippen molar-refractivity contribution >= 4 is 34.3 Å². The number of nitrogens with one attached hydrogen (secondary N) is 1. The van der Waals surface area contributed by atoms with Gasteiger partial charge in [-0.2, -0.15) is 0 Å². The Morgan fingerprint density at radius 3 is 2.65 bits per heavy atom. The van der Waals surface area contributed by atoms with E-state index in [2.05, 4.69) is 20.2 Å². The zero-order valence-corrected chi connectivity index (χ0v) is 18.1. The van der Waals surface area contributed by atoms with Gasteiger partial charge in [-0.25, -0.2) is 9.78 Å². The Morgan fingerprint density at radius 1 is 1.16 bits per heavy atom. The van der Waals surface area contributed by atoms with Crippen molar-refractivity contribution in [2.45, 2.75) is 12.1 Å². The molecule has 4 aromatic rings. The van der Waals surface area contributed by atoms with Gasteiger partial charge in [-0.3, -0.25) is 0 Å². The van der Waals surface area contributed by atoms with Crippen molar-refractivity contribution in [3.63, 3.8) is 0 Å². The number of H-pyrrole nitrogens is 1. The maximum Gasteiger partial charge on any atom is 0.345 e. The third kappa shape index (κ3) is 4.04. The number of carbonyl (C=O) groups excluding carboxylic acids is 1. The monoisotopic (exact) mass is 435 g/mol. The molecule has 0 fully saturated rings. The van der Waals surface area contributed by atoms with Crippen LogP contribution in [0.4, 0.5) is 0 Å². The predicted octanol–water partition coefficient (Wildman–Crippen LogP) is 3.90. The van der Waals surface area contributed by atoms with Crippen LogP contribution in [-0.4, -0.2) is 48.7 Å². The lowest BCUT2D eigenvalue weighted by molar-refractivity contribution is -0.133. The van der Waals surface area contributed by atoms with Crippen molar-refractivity contribution in [2.75, 3.05) is 12.9 Å². The fourth-order valence-electron chi connectivity index (χ4n) is 3.23. The molecule has 0 amide bonds. The van der Waals surface area contributed by atoms with Crippen molar-refractivity contribution in [3.8, 4) is 11.4 Å². The Labute approximate surface area is 183 Å². The average Bonchev–Trinajstić information content (AvgIpc) is 3.36. The maximum absolute atomic E-state index is 12.4. The molecule has 4 rings (SSSR count). The Morgan fingerprint density at radius 2 is 1.90 bits per heavy atom. The quantitative estimate of drug-likeness (QED) is 0.205. The van der Waals surface area contributed by atoms with Gasteiger partial charge < -0.3 is 19.4 Å². The summed E-state index contributed by atoms with van der Waals surface area (Å²) < 4.78 is 6.74. The smallest absolute Gasteiger partial charge is 0.345 e. The van der Waals surface area contributed by atoms with Gasteiger partial charge in [0.2, 0.25) is 0 Å². The number of hydrogen-bond donors (Lipinski definition) is 2. The molecular weight excluding hydrogens is 414 g/mol. The van der Waals surface area contributed by atoms with Crippen molar-refractivity contribution < 1.29 is 14.6 Å². The number of benzene rings is 2. The molecule has 0 spiro atoms. The number of ether oxygens (including phenoxy) is 1. The normalized spacial score (nSPS) is 12.1. The largest absolute Gasteiger partial charge is 0.510 e. The van der Waals surface area contributed by atoms with Crippen LogP contribution in [0.2, 0.25) is 0 Å². The highest BCUT2D eigenvalue weighted by Crippen LogP contribution is 2.28. The minimum absolute atomic E-state index is 0.00695. The molecule has 0 atom stereocenters. The van der Waals surface area contributed by atoms with Crippen LogP contribution in [0.3, 0.4) is 0 Å². The molecule has 0 saturated carbocycles. The van der Waals surface area contributed by atoms with Crippen molar-refractivity contribution in [2.24, 2.45) is 7.05 Å². The first-order chi connectivity index (χ1) is 15.0. The second-order valence-corrected chi connectivity index (χ2v) is 7.83. The van der Waals surface area contributed by atoms with Gasteiger partial charge in [-0.1, -0.05) is 48.2 Å². The van der Waals surface area contributed by atoms with Crippen LogP contribution in [0.15, 0.2) is 59.4 Å². The lowest BCUT2D eigenvalue weighted by Gasteiger charge is -2.08. The zero-order chi connectivity index (χ0) is 22.0. The standard InChI is InChI=1S/C22H21N5O3S/c1-13-8-4-5-9-14(13)20-25-26-22(27(20)2)31-12-17(28)18(21(29)30-3)19-23-15-10-6-7-11-16(15)24-19/h4-11,28H,12H2,1-3H3,(H,23,24)/b18-17+. The first-order valence-corrected chi connectivity index (χ1v) is 10.5. The number of aromatic nitrogens is 5. The minimum Gasteiger partial charge on any atom is -0.510 e. The molecule has 2 N–H and O–H groups in total. The van der Waals surface area contributed by atoms with Crippen molar-refractivity contribution in [1.82, 2.24) is 24.7 Å². The van der Waals surface area contributed by atoms with E-state index in [9.17, 15) is 9.90 Å². The van der Waals surface area contributed by atoms with E-state index in [1.165, 1.54) is 18.9 Å². The van der Waals surface area contributed by atoms with E-state index < -0.39 is 5.97 Å². The predicted molar refractivity (Wildman–Crippen MR) is 120 cm³/mol. The third-order valence-electron chi connectivity index (χ3n) is 4.86. The highest BCUT2D eigenvalue weighted by atomic mass is 32.2. The fourth-order valence-corrected chi connectivity index (χ4v) is 4.02. The number of imidazole rings is 1. The van der Waals surface area contributed by atoms with Crippen LogP contribution < -0.4 is 0 Å². The minimum atomic E-state index is -0.671. The van der Waals surface area contributed by atoms with Crippen LogP contribution >= 0.6 is 11.8 Å². The van der Waals surface area contributed by atoms with Crippen molar-refractivity contribution in [1.29, 1.82) is 0 Å². The molecule has 0 aliphatic carbocycles. The number of para-hydroxylation sites is 2. The van der Waals surface area contributed by atoms with Gasteiger partial charge in [0.05, 0.1) is 23.9 Å². The first kappa shape index (κ1) is 20.7. The molecule has 2 aromatic heterocycles. The number of rotatable bonds is 6. The fraction of sp³-hybridized carbons (Fsp3) is 0.182. The van der Waals surface area contributed by atoms with Gasteiger partial charge in [-0.05, 0) is 24.6 Å². The van der Waals surface area contributed by atoms with Crippen LogP contribution in [0.25, 0.3) is 28.0 Å². The second kappa shape index (κ2) is 8.65. The highest BCUT2D eigenvalue weighted by molar-refractivity contribution is 7.99. The molecule has 31 heavy (non-hydrogen) atoms. The lowest BCUT2D eigenvalue weighted by atomic mass is 10.1. The number of aliphatic hydroxyl groups is 1. The number of thioether (sulfide) groups is 1. The molecule has 2 aromatic carbocycles. The summed E-state index contributed by atoms with van der Waals surface area (Å²) in [6, 6.07) is 15.3. The summed E-state index contributed by atoms with van der Waals surface area (Å²) >= 11 is 1.27. The number of aromatic amines is 1. The number of fused-ring (bicyclic) bond motifs is 1. The number of methoxy groups -OCH3 is 1. The van der Waals surface area contributed by atoms with E-state index in [4.69, 9.17) is 4.74 Å². The van der Waals surface area contributed by atoms with Gasteiger partial charge >= 0.3 is 5.97 Å². The summed E-state index contributed by atoms with van der Waals surface area (Å²) in [5.74, 6) is 0.257. The van der Waals surface area contributed by atoms with Crippen LogP contribution in [0.5, 0.6) is 0 Å². The van der Waals surface area contributed by atoms with E-state index in [1.807, 2.05) is 67.1 Å². The SMILES string of the molecule is COC(=O)/C(=C(/O)CSc1nnc(-c2ccccc2C)n1C)c1nc2ccccc2[nH]1. The summed E-state index contributed by atoms with van der Waals surface area (Å²) in [4.78, 5) is 19.9. The zero-order valence-electron chi connectivity index (χ0n) is 17.3. The summed E-state index contributed by atoms with van der Waals surface area (Å²) in [5, 5.41) is 19.9. The summed E-state index contributed by atoms with van der Waals surface area (Å²) in [6.07, 6.45) is 0. The van der Waals surface area contributed by atoms with Crippen LogP contribution in [-0.2, 0) is 16.6 Å². The summed E-state index contributed by atoms with van der Waals surface area (Å²) in [7, 11) is 3.13. The maximum atomic E-state index is 12.4. The average molecular weight is 436 g/mol. The Hall–Kier alpha value is -3.59. The molecule has 158 valence electrons. The number of nitrogens with zero attached hydrogens (tertiary/aromatic N) is 4. The van der Waals surface area contributed by atoms with E-state index >= 15 is 0 Å². The molecule has 0 radical (unpaired) electrons. The van der Waals surface area contributed by atoms with Gasteiger partial charge in [0, 0.05) is 12.6 Å². The molecule has 0 bridgehead atoms. The summed E-state index contributed by atoms with van der Waals surface area (Å²) in [6.45, 7) is 2.02. The molecule has 8 nitrogen and oxygen atoms in total. The topological polar surface area (TPSA) is 106 Å². The number of aliphatic hydroxyl groups excluding tert-OH is 1. The van der Waals surface area contributed by atoms with Crippen molar-refractivity contribution in [3.05, 3.63) is 65.7 Å². The lowest BCUT2D eigenvalue weighted by Crippen LogP contribution is -2.10. The molecule has 0 unspecified atom stereocenters. The van der Waals surface area contributed by atoms with E-state index in [0.717, 1.165) is 22.5 Å². The molecule has 2 heterocycles. The van der Waals surface area contributed by atoms with E-state index in [-0.39, 0.29) is 22.9 Å². The van der Waals surface area contributed by atoms with Gasteiger partial charge in [-0.15, -0.1) is 10.2 Å². The number of aryl methyl sites for hydroxylation is 1. The molecule has 0 aliphatic heterocycles. The van der Waals surface area contributed by atoms with E-state index in [1.54, 1.807) is 0 Å². The number of esters is 1. The molecule has 0 saturated heterocycles. The Kier molecular flexibility index (Phi) is 5.77. The third-order valence-corrected chi connectivity index (χ3v) is 5.89. The number of carbonyl (C=O) groups is 1. The second-order valence-electron chi connectivity index (χ2n) is 6.88.